The Balaban J connectivity index is 1.24. The maximum absolute atomic E-state index is 13.8. The number of carbonyl (C=O) groups is 1. The number of amides is 1. The highest BCUT2D eigenvalue weighted by Gasteiger charge is 2.39. The van der Waals surface area contributed by atoms with Gasteiger partial charge in [-0.2, -0.15) is 28.4 Å². The molecule has 11 nitrogen and oxygen atoms in total. The fourth-order valence-electron chi connectivity index (χ4n) is 6.67. The Hall–Kier alpha value is -3.83. The standard InChI is InChI=1S/C29H34F3N7O4/c30-29(31,32)23-4-1-2-5-25(23)37-10-7-22-24(17-37)34-27(42-13-3-9-36-16-21-14-20(36)18-43-21)35-26(22)38-11-12-39(28(40)41)19(15-38)6-8-33/h1-2,4-5,19-21H,3,6-7,9-18H2,(H,40,41)/t19?,20-,21-/m1/s1. The van der Waals surface area contributed by atoms with Crippen LogP contribution in [-0.2, 0) is 23.9 Å². The number of ether oxygens (including phenoxy) is 2. The molecule has 3 saturated heterocycles. The van der Waals surface area contributed by atoms with Crippen LogP contribution in [0.5, 0.6) is 6.01 Å². The molecule has 1 unspecified atom stereocenters. The molecule has 14 heteroatoms. The van der Waals surface area contributed by atoms with Crippen LogP contribution in [-0.4, -0.2) is 102 Å². The fraction of sp³-hybridized carbons (Fsp3) is 0.586. The Morgan fingerprint density at radius 3 is 2.72 bits per heavy atom. The summed E-state index contributed by atoms with van der Waals surface area (Å²) in [5.74, 6) is 0.589. The highest BCUT2D eigenvalue weighted by molar-refractivity contribution is 5.66. The number of aromatic nitrogens is 2. The number of piperazine rings is 1. The zero-order chi connectivity index (χ0) is 30.1. The van der Waals surface area contributed by atoms with E-state index >= 15 is 0 Å². The molecule has 1 aromatic carbocycles. The van der Waals surface area contributed by atoms with Crippen LogP contribution in [0.3, 0.4) is 0 Å². The number of hydrogen-bond donors (Lipinski definition) is 1. The molecule has 1 N–H and O–H groups in total. The molecule has 5 heterocycles. The summed E-state index contributed by atoms with van der Waals surface area (Å²) in [6.45, 7) is 4.21. The number of hydrogen-bond acceptors (Lipinski definition) is 9. The summed E-state index contributed by atoms with van der Waals surface area (Å²) in [6.07, 6.45) is -3.01. The first-order valence-electron chi connectivity index (χ1n) is 14.6. The highest BCUT2D eigenvalue weighted by Crippen LogP contribution is 2.39. The van der Waals surface area contributed by atoms with Crippen molar-refractivity contribution in [2.75, 3.05) is 62.3 Å². The lowest BCUT2D eigenvalue weighted by Gasteiger charge is -2.41. The predicted molar refractivity (Wildman–Crippen MR) is 149 cm³/mol. The molecule has 0 radical (unpaired) electrons. The molecule has 3 atom stereocenters. The number of nitriles is 1. The maximum Gasteiger partial charge on any atom is 0.418 e. The van der Waals surface area contributed by atoms with Gasteiger partial charge in [-0.15, -0.1) is 0 Å². The van der Waals surface area contributed by atoms with Gasteiger partial charge in [-0.05, 0) is 31.4 Å². The van der Waals surface area contributed by atoms with Crippen molar-refractivity contribution in [3.8, 4) is 12.1 Å². The lowest BCUT2D eigenvalue weighted by atomic mass is 10.0. The van der Waals surface area contributed by atoms with E-state index in [4.69, 9.17) is 14.5 Å². The van der Waals surface area contributed by atoms with Gasteiger partial charge < -0.3 is 29.3 Å². The summed E-state index contributed by atoms with van der Waals surface area (Å²) in [5.41, 5.74) is 0.779. The van der Waals surface area contributed by atoms with Crippen molar-refractivity contribution in [2.24, 2.45) is 0 Å². The minimum absolute atomic E-state index is 0.0326. The number of morpholine rings is 1. The first kappa shape index (κ1) is 29.3. The van der Waals surface area contributed by atoms with Gasteiger partial charge in [-0.25, -0.2) is 4.79 Å². The minimum Gasteiger partial charge on any atom is -0.465 e. The fourth-order valence-corrected chi connectivity index (χ4v) is 6.67. The molecule has 0 aliphatic carbocycles. The number of likely N-dealkylation sites (tertiary alicyclic amines) is 1. The Kier molecular flexibility index (Phi) is 8.19. The third-order valence-corrected chi connectivity index (χ3v) is 8.76. The smallest absolute Gasteiger partial charge is 0.418 e. The number of rotatable bonds is 8. The molecule has 6 rings (SSSR count). The first-order chi connectivity index (χ1) is 20.7. The second-order valence-electron chi connectivity index (χ2n) is 11.4. The Morgan fingerprint density at radius 1 is 1.16 bits per heavy atom. The molecule has 4 aliphatic rings. The van der Waals surface area contributed by atoms with Crippen LogP contribution in [0.1, 0.15) is 36.1 Å². The third-order valence-electron chi connectivity index (χ3n) is 8.76. The van der Waals surface area contributed by atoms with Crippen LogP contribution < -0.4 is 14.5 Å². The molecule has 4 aliphatic heterocycles. The molecule has 2 bridgehead atoms. The van der Waals surface area contributed by atoms with E-state index in [0.29, 0.717) is 49.8 Å². The zero-order valence-corrected chi connectivity index (χ0v) is 23.7. The molecule has 1 amide bonds. The summed E-state index contributed by atoms with van der Waals surface area (Å²) in [6, 6.07) is 7.66. The van der Waals surface area contributed by atoms with Crippen LogP contribution in [0, 0.1) is 11.3 Å². The van der Waals surface area contributed by atoms with Gasteiger partial charge in [0.1, 0.15) is 5.82 Å². The molecule has 43 heavy (non-hydrogen) atoms. The lowest BCUT2D eigenvalue weighted by Crippen LogP contribution is -2.55. The van der Waals surface area contributed by atoms with E-state index in [1.807, 2.05) is 4.90 Å². The molecule has 0 saturated carbocycles. The van der Waals surface area contributed by atoms with E-state index in [9.17, 15) is 28.3 Å². The van der Waals surface area contributed by atoms with Gasteiger partial charge in [-0.3, -0.25) is 4.90 Å². The van der Waals surface area contributed by atoms with Crippen molar-refractivity contribution in [3.05, 3.63) is 41.1 Å². The topological polar surface area (TPSA) is 118 Å². The molecular formula is C29H34F3N7O4. The van der Waals surface area contributed by atoms with E-state index in [1.54, 1.807) is 11.0 Å². The van der Waals surface area contributed by atoms with Crippen molar-refractivity contribution in [2.45, 2.75) is 56.6 Å². The number of fused-ring (bicyclic) bond motifs is 3. The van der Waals surface area contributed by atoms with Gasteiger partial charge in [0.05, 0.1) is 55.7 Å². The average Bonchev–Trinajstić information content (AvgIpc) is 3.62. The normalized spacial score (nSPS) is 23.8. The predicted octanol–water partition coefficient (Wildman–Crippen LogP) is 3.38. The number of nitrogens with zero attached hydrogens (tertiary/aromatic N) is 7. The summed E-state index contributed by atoms with van der Waals surface area (Å²) in [4.78, 5) is 28.5. The summed E-state index contributed by atoms with van der Waals surface area (Å²) in [7, 11) is 0. The van der Waals surface area contributed by atoms with Gasteiger partial charge in [0.15, 0.2) is 0 Å². The van der Waals surface area contributed by atoms with E-state index in [-0.39, 0.29) is 37.8 Å². The van der Waals surface area contributed by atoms with Gasteiger partial charge in [-0.1, -0.05) is 12.1 Å². The molecule has 2 aromatic rings. The molecule has 0 spiro atoms. The molecular weight excluding hydrogens is 567 g/mol. The van der Waals surface area contributed by atoms with E-state index in [1.165, 1.54) is 17.0 Å². The van der Waals surface area contributed by atoms with E-state index < -0.39 is 23.9 Å². The number of anilines is 2. The maximum atomic E-state index is 13.8. The van der Waals surface area contributed by atoms with Crippen LogP contribution in [0.4, 0.5) is 29.5 Å². The first-order valence-corrected chi connectivity index (χ1v) is 14.6. The lowest BCUT2D eigenvalue weighted by molar-refractivity contribution is -0.137. The van der Waals surface area contributed by atoms with Crippen molar-refractivity contribution in [3.63, 3.8) is 0 Å². The van der Waals surface area contributed by atoms with Crippen LogP contribution >= 0.6 is 0 Å². The summed E-state index contributed by atoms with van der Waals surface area (Å²) < 4.78 is 53.2. The molecule has 3 fully saturated rings. The Bertz CT molecular complexity index is 1390. The van der Waals surface area contributed by atoms with E-state index in [2.05, 4.69) is 16.0 Å². The zero-order valence-electron chi connectivity index (χ0n) is 23.7. The van der Waals surface area contributed by atoms with Crippen LogP contribution in [0.15, 0.2) is 24.3 Å². The van der Waals surface area contributed by atoms with Gasteiger partial charge >= 0.3 is 18.3 Å². The van der Waals surface area contributed by atoms with Crippen LogP contribution in [0.25, 0.3) is 0 Å². The third kappa shape index (κ3) is 6.14. The summed E-state index contributed by atoms with van der Waals surface area (Å²) >= 11 is 0. The number of halogens is 3. The van der Waals surface area contributed by atoms with Gasteiger partial charge in [0.2, 0.25) is 0 Å². The molecule has 230 valence electrons. The van der Waals surface area contributed by atoms with Gasteiger partial charge in [0.25, 0.3) is 0 Å². The second kappa shape index (κ2) is 12.0. The number of para-hydroxylation sites is 1. The second-order valence-corrected chi connectivity index (χ2v) is 11.4. The Labute approximate surface area is 247 Å². The molecule has 1 aromatic heterocycles. The highest BCUT2D eigenvalue weighted by atomic mass is 19.4. The quantitative estimate of drug-likeness (QED) is 0.451. The van der Waals surface area contributed by atoms with Crippen molar-refractivity contribution in [1.82, 2.24) is 19.8 Å². The number of benzene rings is 1. The van der Waals surface area contributed by atoms with Crippen molar-refractivity contribution in [1.29, 1.82) is 5.26 Å². The number of alkyl halides is 3. The average molecular weight is 602 g/mol. The monoisotopic (exact) mass is 601 g/mol. The number of carboxylic acid groups (broad SMARTS) is 1. The van der Waals surface area contributed by atoms with Crippen LogP contribution in [0.2, 0.25) is 0 Å². The Morgan fingerprint density at radius 2 is 2.00 bits per heavy atom. The van der Waals surface area contributed by atoms with Gasteiger partial charge in [0, 0.05) is 56.6 Å². The van der Waals surface area contributed by atoms with Crippen molar-refractivity contribution < 1.29 is 32.5 Å². The van der Waals surface area contributed by atoms with Crippen molar-refractivity contribution >= 4 is 17.6 Å². The SMILES string of the molecule is N#CCC1CN(c2nc(OCCCN3C[C@H]4C[C@@H]3CO4)nc3c2CCN(c2ccccc2C(F)(F)F)C3)CCN1C(=O)O. The minimum atomic E-state index is -4.50. The summed E-state index contributed by atoms with van der Waals surface area (Å²) in [5, 5.41) is 19.0. The largest absolute Gasteiger partial charge is 0.465 e. The van der Waals surface area contributed by atoms with E-state index in [0.717, 1.165) is 44.2 Å².